The summed E-state index contributed by atoms with van der Waals surface area (Å²) in [7, 11) is 0. The smallest absolute Gasteiger partial charge is 0.414 e. The summed E-state index contributed by atoms with van der Waals surface area (Å²) in [4.78, 5) is 23.3. The SMILES string of the molecule is CCOC(=O)c1c(OC(=O)NC(C)(C)C)noc1C. The molecule has 0 bridgehead atoms. The number of amides is 1. The molecule has 0 fully saturated rings. The Morgan fingerprint density at radius 2 is 2.00 bits per heavy atom. The molecule has 1 amide bonds. The standard InChI is InChI=1S/C12H18N2O5/c1-6-17-10(15)8-7(2)19-14-9(8)18-11(16)13-12(3,4)5/h6H2,1-5H3,(H,13,16). The summed E-state index contributed by atoms with van der Waals surface area (Å²) in [5, 5.41) is 6.11. The molecule has 0 aliphatic carbocycles. The predicted octanol–water partition coefficient (Wildman–Crippen LogP) is 2.05. The highest BCUT2D eigenvalue weighted by Crippen LogP contribution is 2.22. The molecule has 0 aliphatic heterocycles. The minimum Gasteiger partial charge on any atom is -0.462 e. The number of rotatable bonds is 3. The van der Waals surface area contributed by atoms with Gasteiger partial charge in [-0.1, -0.05) is 0 Å². The van der Waals surface area contributed by atoms with E-state index in [0.29, 0.717) is 0 Å². The summed E-state index contributed by atoms with van der Waals surface area (Å²) in [6.07, 6.45) is -0.716. The Morgan fingerprint density at radius 3 is 2.53 bits per heavy atom. The third-order valence-corrected chi connectivity index (χ3v) is 1.98. The van der Waals surface area contributed by atoms with Gasteiger partial charge < -0.3 is 19.3 Å². The van der Waals surface area contributed by atoms with Gasteiger partial charge in [-0.3, -0.25) is 0 Å². The third-order valence-electron chi connectivity index (χ3n) is 1.98. The maximum atomic E-state index is 11.7. The van der Waals surface area contributed by atoms with E-state index in [1.165, 1.54) is 6.92 Å². The summed E-state index contributed by atoms with van der Waals surface area (Å²) >= 11 is 0. The lowest BCUT2D eigenvalue weighted by Gasteiger charge is -2.19. The van der Waals surface area contributed by atoms with Crippen LogP contribution in [0.15, 0.2) is 4.52 Å². The molecule has 0 saturated heterocycles. The second-order valence-corrected chi connectivity index (χ2v) is 4.90. The van der Waals surface area contributed by atoms with Crippen LogP contribution < -0.4 is 10.1 Å². The van der Waals surface area contributed by atoms with Crippen molar-refractivity contribution in [2.45, 2.75) is 40.2 Å². The topological polar surface area (TPSA) is 90.7 Å². The van der Waals surface area contributed by atoms with Gasteiger partial charge in [-0.05, 0) is 39.8 Å². The van der Waals surface area contributed by atoms with Gasteiger partial charge in [0.1, 0.15) is 0 Å². The number of hydrogen-bond donors (Lipinski definition) is 1. The first-order valence-corrected chi connectivity index (χ1v) is 5.88. The maximum Gasteiger partial charge on any atom is 0.414 e. The number of aromatic nitrogens is 1. The molecule has 7 heteroatoms. The Hall–Kier alpha value is -2.05. The lowest BCUT2D eigenvalue weighted by atomic mass is 10.1. The first-order chi connectivity index (χ1) is 8.74. The monoisotopic (exact) mass is 270 g/mol. The molecule has 106 valence electrons. The Balaban J connectivity index is 2.85. The van der Waals surface area contributed by atoms with Crippen LogP contribution in [-0.2, 0) is 4.74 Å². The van der Waals surface area contributed by atoms with Gasteiger partial charge in [-0.2, -0.15) is 0 Å². The van der Waals surface area contributed by atoms with Crippen molar-refractivity contribution in [2.24, 2.45) is 0 Å². The molecule has 0 spiro atoms. The highest BCUT2D eigenvalue weighted by Gasteiger charge is 2.26. The van der Waals surface area contributed by atoms with Gasteiger partial charge in [0.25, 0.3) is 5.88 Å². The molecule has 0 saturated carbocycles. The van der Waals surface area contributed by atoms with Crippen LogP contribution in [0.4, 0.5) is 4.79 Å². The van der Waals surface area contributed by atoms with E-state index in [9.17, 15) is 9.59 Å². The van der Waals surface area contributed by atoms with Crippen molar-refractivity contribution in [2.75, 3.05) is 6.61 Å². The first kappa shape index (κ1) is 15.0. The van der Waals surface area contributed by atoms with Crippen LogP contribution >= 0.6 is 0 Å². The van der Waals surface area contributed by atoms with E-state index < -0.39 is 17.6 Å². The van der Waals surface area contributed by atoms with E-state index in [1.54, 1.807) is 27.7 Å². The first-order valence-electron chi connectivity index (χ1n) is 5.88. The fraction of sp³-hybridized carbons (Fsp3) is 0.583. The number of carbonyl (C=O) groups excluding carboxylic acids is 2. The molecule has 1 rings (SSSR count). The van der Waals surface area contributed by atoms with Gasteiger partial charge >= 0.3 is 12.1 Å². The van der Waals surface area contributed by atoms with E-state index in [0.717, 1.165) is 0 Å². The van der Waals surface area contributed by atoms with E-state index in [2.05, 4.69) is 10.5 Å². The summed E-state index contributed by atoms with van der Waals surface area (Å²) in [5.41, 5.74) is -0.439. The molecular weight excluding hydrogens is 252 g/mol. The Bertz CT molecular complexity index is 473. The summed E-state index contributed by atoms with van der Waals surface area (Å²) in [6, 6.07) is 0. The number of aryl methyl sites for hydroxylation is 1. The molecule has 1 aromatic rings. The van der Waals surface area contributed by atoms with Gasteiger partial charge in [-0.25, -0.2) is 9.59 Å². The summed E-state index contributed by atoms with van der Waals surface area (Å²) in [5.74, 6) is -0.602. The van der Waals surface area contributed by atoms with Crippen LogP contribution in [0, 0.1) is 6.92 Å². The molecule has 0 unspecified atom stereocenters. The number of nitrogens with one attached hydrogen (secondary N) is 1. The molecular formula is C12H18N2O5. The molecule has 0 atom stereocenters. The average molecular weight is 270 g/mol. The van der Waals surface area contributed by atoms with Gasteiger partial charge in [0.15, 0.2) is 11.3 Å². The van der Waals surface area contributed by atoms with Crippen LogP contribution in [-0.4, -0.2) is 29.4 Å². The van der Waals surface area contributed by atoms with Gasteiger partial charge in [-0.15, -0.1) is 0 Å². The van der Waals surface area contributed by atoms with Crippen molar-refractivity contribution >= 4 is 12.1 Å². The van der Waals surface area contributed by atoms with E-state index in [4.69, 9.17) is 14.0 Å². The van der Waals surface area contributed by atoms with Crippen LogP contribution in [0.2, 0.25) is 0 Å². The third kappa shape index (κ3) is 4.27. The highest BCUT2D eigenvalue weighted by molar-refractivity contribution is 5.93. The Morgan fingerprint density at radius 1 is 1.37 bits per heavy atom. The van der Waals surface area contributed by atoms with Crippen LogP contribution in [0.3, 0.4) is 0 Å². The van der Waals surface area contributed by atoms with Crippen molar-refractivity contribution < 1.29 is 23.6 Å². The zero-order chi connectivity index (χ0) is 14.6. The molecule has 19 heavy (non-hydrogen) atoms. The summed E-state index contributed by atoms with van der Waals surface area (Å²) in [6.45, 7) is 8.82. The zero-order valence-electron chi connectivity index (χ0n) is 11.7. The van der Waals surface area contributed by atoms with Crippen molar-refractivity contribution in [1.29, 1.82) is 0 Å². The quantitative estimate of drug-likeness (QED) is 0.845. The van der Waals surface area contributed by atoms with Crippen LogP contribution in [0.25, 0.3) is 0 Å². The Kier molecular flexibility index (Phi) is 4.52. The molecule has 1 heterocycles. The lowest BCUT2D eigenvalue weighted by molar-refractivity contribution is 0.0522. The van der Waals surface area contributed by atoms with Crippen molar-refractivity contribution in [3.8, 4) is 5.88 Å². The minimum absolute atomic E-state index is 0.0194. The van der Waals surface area contributed by atoms with Crippen LogP contribution in [0.5, 0.6) is 5.88 Å². The predicted molar refractivity (Wildman–Crippen MR) is 66.1 cm³/mol. The lowest BCUT2D eigenvalue weighted by Crippen LogP contribution is -2.42. The fourth-order valence-electron chi connectivity index (χ4n) is 1.28. The fourth-order valence-corrected chi connectivity index (χ4v) is 1.28. The molecule has 1 N–H and O–H groups in total. The normalized spacial score (nSPS) is 11.0. The number of hydrogen-bond acceptors (Lipinski definition) is 6. The van der Waals surface area contributed by atoms with Crippen molar-refractivity contribution in [3.05, 3.63) is 11.3 Å². The average Bonchev–Trinajstić information content (AvgIpc) is 2.57. The molecule has 0 aromatic carbocycles. The zero-order valence-corrected chi connectivity index (χ0v) is 11.7. The van der Waals surface area contributed by atoms with Gasteiger partial charge in [0.2, 0.25) is 0 Å². The van der Waals surface area contributed by atoms with Crippen molar-refractivity contribution in [3.63, 3.8) is 0 Å². The van der Waals surface area contributed by atoms with Crippen LogP contribution in [0.1, 0.15) is 43.8 Å². The second kappa shape index (κ2) is 5.73. The number of esters is 1. The summed E-state index contributed by atoms with van der Waals surface area (Å²) < 4.78 is 14.6. The number of carbonyl (C=O) groups is 2. The molecule has 1 aromatic heterocycles. The number of nitrogens with zero attached hydrogens (tertiary/aromatic N) is 1. The van der Waals surface area contributed by atoms with Crippen molar-refractivity contribution in [1.82, 2.24) is 10.5 Å². The highest BCUT2D eigenvalue weighted by atomic mass is 16.6. The second-order valence-electron chi connectivity index (χ2n) is 4.90. The molecule has 7 nitrogen and oxygen atoms in total. The maximum absolute atomic E-state index is 11.7. The molecule has 0 radical (unpaired) electrons. The largest absolute Gasteiger partial charge is 0.462 e. The van der Waals surface area contributed by atoms with Gasteiger partial charge in [0.05, 0.1) is 6.61 Å². The minimum atomic E-state index is -0.716. The van der Waals surface area contributed by atoms with Gasteiger partial charge in [0, 0.05) is 5.54 Å². The van der Waals surface area contributed by atoms with E-state index in [-0.39, 0.29) is 23.8 Å². The number of ether oxygens (including phenoxy) is 2. The van der Waals surface area contributed by atoms with E-state index >= 15 is 0 Å². The van der Waals surface area contributed by atoms with E-state index in [1.807, 2.05) is 0 Å². The molecule has 0 aliphatic rings. The Labute approximate surface area is 111 Å².